The Hall–Kier alpha value is -1.59. The van der Waals surface area contributed by atoms with Gasteiger partial charge in [-0.1, -0.05) is 30.2 Å². The normalized spacial score (nSPS) is 23.7. The lowest BCUT2D eigenvalue weighted by Crippen LogP contribution is -2.57. The molecule has 1 saturated heterocycles. The van der Waals surface area contributed by atoms with E-state index in [4.69, 9.17) is 0 Å². The van der Waals surface area contributed by atoms with Gasteiger partial charge in [0, 0.05) is 13.1 Å². The van der Waals surface area contributed by atoms with Gasteiger partial charge in [0.15, 0.2) is 6.17 Å². The summed E-state index contributed by atoms with van der Waals surface area (Å²) in [6, 6.07) is 6.04. The Labute approximate surface area is 166 Å². The van der Waals surface area contributed by atoms with Gasteiger partial charge in [-0.05, 0) is 48.9 Å². The molecule has 1 aliphatic rings. The van der Waals surface area contributed by atoms with Gasteiger partial charge in [0.05, 0.1) is 6.54 Å². The number of likely N-dealkylation sites (N-methyl/N-ethyl adjacent to an activating group) is 2. The van der Waals surface area contributed by atoms with Crippen molar-refractivity contribution < 1.29 is 13.2 Å². The summed E-state index contributed by atoms with van der Waals surface area (Å²) < 4.78 is 38.0. The Kier molecular flexibility index (Phi) is 5.79. The van der Waals surface area contributed by atoms with Gasteiger partial charge < -0.3 is 5.21 Å². The van der Waals surface area contributed by atoms with E-state index in [-0.39, 0.29) is 11.8 Å². The molecule has 0 saturated carbocycles. The van der Waals surface area contributed by atoms with E-state index in [9.17, 15) is 18.4 Å². The monoisotopic (exact) mass is 415 g/mol. The van der Waals surface area contributed by atoms with E-state index < -0.39 is 22.0 Å². The Morgan fingerprint density at radius 3 is 2.46 bits per heavy atom. The molecule has 2 heterocycles. The average molecular weight is 415 g/mol. The highest BCUT2D eigenvalue weighted by Gasteiger charge is 2.47. The van der Waals surface area contributed by atoms with Gasteiger partial charge in [0.25, 0.3) is 0 Å². The molecular weight excluding hydrogens is 391 g/mol. The van der Waals surface area contributed by atoms with Gasteiger partial charge in [-0.2, -0.15) is 13.2 Å². The van der Waals surface area contributed by atoms with E-state index in [2.05, 4.69) is 10.2 Å². The first kappa shape index (κ1) is 21.1. The van der Waals surface area contributed by atoms with Crippen molar-refractivity contribution >= 4 is 16.5 Å². The van der Waals surface area contributed by atoms with E-state index >= 15 is 0 Å². The largest absolute Gasteiger partial charge is 0.623 e. The van der Waals surface area contributed by atoms with Gasteiger partial charge >= 0.3 is 11.3 Å². The fraction of sp³-hybridized carbons (Fsp3) is 0.556. The maximum atomic E-state index is 13.7. The summed E-state index contributed by atoms with van der Waals surface area (Å²) in [6.45, 7) is 7.65. The molecule has 0 amide bonds. The van der Waals surface area contributed by atoms with Crippen LogP contribution < -0.4 is 4.65 Å². The van der Waals surface area contributed by atoms with Crippen molar-refractivity contribution in [3.05, 3.63) is 45.1 Å². The molecule has 0 spiro atoms. The zero-order valence-corrected chi connectivity index (χ0v) is 17.1. The standard InChI is InChI=1S/C18H24F3N5OS/c1-5-25(9-14-12(2)7-6-8-13(14)3)15-10-24(4)11-26(15,27)17-23-22-16(28-17)18(19,20)21/h6-8,15H,5,9-11H2,1-4H3. The SMILES string of the molecule is CCN(Cc1c(C)cccc1C)C1CN(C)C[N+]1([O-])c1nnc(C(F)(F)F)s1. The van der Waals surface area contributed by atoms with Gasteiger partial charge in [-0.15, -0.1) is 5.10 Å². The highest BCUT2D eigenvalue weighted by atomic mass is 32.1. The molecule has 1 aromatic heterocycles. The molecule has 2 atom stereocenters. The molecular formula is C18H24F3N5OS. The predicted molar refractivity (Wildman–Crippen MR) is 103 cm³/mol. The molecule has 2 aromatic rings. The lowest BCUT2D eigenvalue weighted by Gasteiger charge is -2.44. The molecule has 1 fully saturated rings. The molecule has 10 heteroatoms. The number of aryl methyl sites for hydroxylation is 2. The van der Waals surface area contributed by atoms with Gasteiger partial charge in [0.1, 0.15) is 6.67 Å². The minimum Gasteiger partial charge on any atom is -0.623 e. The van der Waals surface area contributed by atoms with E-state index in [1.54, 1.807) is 7.05 Å². The van der Waals surface area contributed by atoms with Crippen LogP contribution in [0.2, 0.25) is 0 Å². The van der Waals surface area contributed by atoms with Crippen LogP contribution in [0.4, 0.5) is 18.3 Å². The number of nitrogens with zero attached hydrogens (tertiary/aromatic N) is 5. The minimum atomic E-state index is -4.60. The molecule has 2 unspecified atom stereocenters. The van der Waals surface area contributed by atoms with Gasteiger partial charge in [0.2, 0.25) is 5.01 Å². The summed E-state index contributed by atoms with van der Waals surface area (Å²) >= 11 is 0.341. The first-order valence-corrected chi connectivity index (χ1v) is 9.85. The molecule has 28 heavy (non-hydrogen) atoms. The van der Waals surface area contributed by atoms with Crippen LogP contribution in [0.25, 0.3) is 0 Å². The van der Waals surface area contributed by atoms with Crippen molar-refractivity contribution in [1.82, 2.24) is 24.6 Å². The van der Waals surface area contributed by atoms with Crippen molar-refractivity contribution in [2.75, 3.05) is 26.8 Å². The second-order valence-corrected chi connectivity index (χ2v) is 8.23. The maximum absolute atomic E-state index is 13.7. The number of quaternary nitrogens is 1. The van der Waals surface area contributed by atoms with Crippen molar-refractivity contribution in [3.63, 3.8) is 0 Å². The number of aromatic nitrogens is 2. The summed E-state index contributed by atoms with van der Waals surface area (Å²) in [5.41, 5.74) is 3.40. The van der Waals surface area contributed by atoms with Crippen LogP contribution in [0.3, 0.4) is 0 Å². The number of hydrogen-bond donors (Lipinski definition) is 0. The summed E-state index contributed by atoms with van der Waals surface area (Å²) in [6.07, 6.45) is -5.15. The van der Waals surface area contributed by atoms with Crippen LogP contribution in [0.15, 0.2) is 18.2 Å². The van der Waals surface area contributed by atoms with Crippen molar-refractivity contribution in [1.29, 1.82) is 0 Å². The van der Waals surface area contributed by atoms with E-state index in [1.165, 1.54) is 0 Å². The van der Waals surface area contributed by atoms with Crippen molar-refractivity contribution in [2.45, 2.75) is 39.7 Å². The maximum Gasteiger partial charge on any atom is 0.445 e. The van der Waals surface area contributed by atoms with Crippen LogP contribution in [-0.4, -0.2) is 53.0 Å². The van der Waals surface area contributed by atoms with E-state index in [0.717, 1.165) is 16.7 Å². The van der Waals surface area contributed by atoms with Crippen molar-refractivity contribution in [3.8, 4) is 0 Å². The summed E-state index contributed by atoms with van der Waals surface area (Å²) in [4.78, 5) is 3.86. The molecule has 0 aliphatic carbocycles. The average Bonchev–Trinajstić information content (AvgIpc) is 3.21. The second kappa shape index (κ2) is 7.68. The smallest absolute Gasteiger partial charge is 0.445 e. The number of benzene rings is 1. The summed E-state index contributed by atoms with van der Waals surface area (Å²) in [5, 5.41) is 19.4. The fourth-order valence-corrected chi connectivity index (χ4v) is 4.49. The Morgan fingerprint density at radius 1 is 1.29 bits per heavy atom. The van der Waals surface area contributed by atoms with Crippen LogP contribution in [0.5, 0.6) is 0 Å². The molecule has 0 N–H and O–H groups in total. The Morgan fingerprint density at radius 2 is 1.93 bits per heavy atom. The highest BCUT2D eigenvalue weighted by Crippen LogP contribution is 2.40. The first-order chi connectivity index (χ1) is 13.1. The predicted octanol–water partition coefficient (Wildman–Crippen LogP) is 3.73. The second-order valence-electron chi connectivity index (χ2n) is 7.28. The lowest BCUT2D eigenvalue weighted by atomic mass is 10.0. The van der Waals surface area contributed by atoms with Gasteiger partial charge in [-0.25, -0.2) is 4.90 Å². The molecule has 1 aromatic carbocycles. The highest BCUT2D eigenvalue weighted by molar-refractivity contribution is 7.15. The van der Waals surface area contributed by atoms with Crippen LogP contribution in [0, 0.1) is 19.1 Å². The quantitative estimate of drug-likeness (QED) is 0.550. The summed E-state index contributed by atoms with van der Waals surface area (Å²) in [7, 11) is 1.80. The molecule has 3 rings (SSSR count). The Bertz CT molecular complexity index is 823. The van der Waals surface area contributed by atoms with E-state index in [0.29, 0.717) is 31.0 Å². The zero-order valence-electron chi connectivity index (χ0n) is 16.3. The third-order valence-electron chi connectivity index (χ3n) is 5.22. The summed E-state index contributed by atoms with van der Waals surface area (Å²) in [5.74, 6) is 0. The number of rotatable bonds is 5. The number of hydroxylamine groups is 2. The lowest BCUT2D eigenvalue weighted by molar-refractivity contribution is -0.138. The van der Waals surface area contributed by atoms with Crippen molar-refractivity contribution in [2.24, 2.45) is 0 Å². The molecule has 6 nitrogen and oxygen atoms in total. The molecule has 0 radical (unpaired) electrons. The number of alkyl halides is 3. The Balaban J connectivity index is 1.94. The van der Waals surface area contributed by atoms with Gasteiger partial charge in [-0.3, -0.25) is 9.55 Å². The number of hydrogen-bond acceptors (Lipinski definition) is 6. The fourth-order valence-electron chi connectivity index (χ4n) is 3.70. The van der Waals surface area contributed by atoms with Crippen LogP contribution in [0.1, 0.15) is 28.6 Å². The third kappa shape index (κ3) is 3.92. The molecule has 154 valence electrons. The third-order valence-corrected chi connectivity index (χ3v) is 6.30. The van der Waals surface area contributed by atoms with E-state index in [1.807, 2.05) is 48.8 Å². The minimum absolute atomic E-state index is 0.0421. The number of halogens is 3. The topological polar surface area (TPSA) is 55.3 Å². The van der Waals surface area contributed by atoms with Crippen LogP contribution >= 0.6 is 11.3 Å². The molecule has 0 bridgehead atoms. The first-order valence-electron chi connectivity index (χ1n) is 9.04. The zero-order chi connectivity index (χ0) is 20.7. The molecule has 1 aliphatic heterocycles. The van der Waals surface area contributed by atoms with Crippen LogP contribution in [-0.2, 0) is 12.7 Å².